The summed E-state index contributed by atoms with van der Waals surface area (Å²) in [6.45, 7) is 7.02. The van der Waals surface area contributed by atoms with Crippen LogP contribution in [0.4, 0.5) is 4.39 Å². The first kappa shape index (κ1) is 16.2. The number of nitrogens with two attached hydrogens (primary N) is 1. The van der Waals surface area contributed by atoms with Crippen LogP contribution in [0.1, 0.15) is 50.8 Å². The van der Waals surface area contributed by atoms with Gasteiger partial charge in [0, 0.05) is 38.2 Å². The summed E-state index contributed by atoms with van der Waals surface area (Å²) in [5, 5.41) is 0. The van der Waals surface area contributed by atoms with Gasteiger partial charge in [-0.2, -0.15) is 0 Å². The number of hydrogen-bond donors (Lipinski definition) is 1. The maximum atomic E-state index is 14.4. The molecule has 1 aliphatic rings. The van der Waals surface area contributed by atoms with Crippen LogP contribution in [0.15, 0.2) is 12.1 Å². The summed E-state index contributed by atoms with van der Waals surface area (Å²) < 4.78 is 25.2. The van der Waals surface area contributed by atoms with E-state index in [0.29, 0.717) is 18.8 Å². The molecule has 0 spiro atoms. The highest BCUT2D eigenvalue weighted by molar-refractivity contribution is 5.42. The highest BCUT2D eigenvalue weighted by Crippen LogP contribution is 2.38. The van der Waals surface area contributed by atoms with E-state index in [4.69, 9.17) is 15.2 Å². The van der Waals surface area contributed by atoms with Crippen LogP contribution in [0, 0.1) is 11.2 Å². The minimum Gasteiger partial charge on any atom is -0.487 e. The lowest BCUT2D eigenvalue weighted by atomic mass is 9.86. The Hall–Kier alpha value is -1.13. The Labute approximate surface area is 126 Å². The van der Waals surface area contributed by atoms with E-state index in [1.165, 1.54) is 0 Å². The number of benzene rings is 1. The molecule has 21 heavy (non-hydrogen) atoms. The molecule has 118 valence electrons. The van der Waals surface area contributed by atoms with Crippen molar-refractivity contribution < 1.29 is 13.9 Å². The van der Waals surface area contributed by atoms with Crippen LogP contribution < -0.4 is 10.5 Å². The van der Waals surface area contributed by atoms with Gasteiger partial charge in [0.25, 0.3) is 0 Å². The first-order valence-electron chi connectivity index (χ1n) is 7.53. The number of hydrogen-bond acceptors (Lipinski definition) is 3. The second kappa shape index (κ2) is 6.32. The van der Waals surface area contributed by atoms with Gasteiger partial charge in [0.05, 0.1) is 0 Å². The van der Waals surface area contributed by atoms with Crippen LogP contribution in [0.2, 0.25) is 0 Å². The molecule has 1 aliphatic heterocycles. The van der Waals surface area contributed by atoms with Gasteiger partial charge in [0.2, 0.25) is 0 Å². The highest BCUT2D eigenvalue weighted by Gasteiger charge is 2.29. The number of fused-ring (bicyclic) bond motifs is 1. The summed E-state index contributed by atoms with van der Waals surface area (Å²) in [5.74, 6) is 0.0248. The molecular formula is C17H26FNO2. The third kappa shape index (κ3) is 4.17. The van der Waals surface area contributed by atoms with Gasteiger partial charge in [0.1, 0.15) is 6.10 Å². The van der Waals surface area contributed by atoms with E-state index in [-0.39, 0.29) is 23.4 Å². The normalized spacial score (nSPS) is 21.8. The van der Waals surface area contributed by atoms with E-state index in [1.54, 1.807) is 13.2 Å². The monoisotopic (exact) mass is 295 g/mol. The first-order valence-corrected chi connectivity index (χ1v) is 7.53. The van der Waals surface area contributed by atoms with Gasteiger partial charge < -0.3 is 15.2 Å². The van der Waals surface area contributed by atoms with Gasteiger partial charge in [-0.05, 0) is 23.5 Å². The zero-order valence-corrected chi connectivity index (χ0v) is 13.4. The molecule has 0 saturated heterocycles. The van der Waals surface area contributed by atoms with Crippen LogP contribution in [-0.4, -0.2) is 19.8 Å². The van der Waals surface area contributed by atoms with Crippen molar-refractivity contribution in [3.05, 3.63) is 29.1 Å². The Morgan fingerprint density at radius 1 is 1.38 bits per heavy atom. The lowest BCUT2D eigenvalue weighted by Gasteiger charge is -2.31. The highest BCUT2D eigenvalue weighted by atomic mass is 19.1. The molecule has 0 amide bonds. The van der Waals surface area contributed by atoms with E-state index in [1.807, 2.05) is 6.07 Å². The molecule has 2 unspecified atom stereocenters. The van der Waals surface area contributed by atoms with Gasteiger partial charge in [-0.1, -0.05) is 26.8 Å². The van der Waals surface area contributed by atoms with E-state index < -0.39 is 0 Å². The molecule has 0 bridgehead atoms. The molecule has 1 heterocycles. The summed E-state index contributed by atoms with van der Waals surface area (Å²) in [4.78, 5) is 0. The molecule has 0 aliphatic carbocycles. The second-order valence-electron chi connectivity index (χ2n) is 7.10. The predicted octanol–water partition coefficient (Wildman–Crippen LogP) is 3.60. The SMILES string of the molecule is COCCC1CC(N)c2cc(CC(C)(C)C)cc(F)c2O1. The smallest absolute Gasteiger partial charge is 0.165 e. The van der Waals surface area contributed by atoms with Crippen LogP contribution in [0.25, 0.3) is 0 Å². The summed E-state index contributed by atoms with van der Waals surface area (Å²) in [6.07, 6.45) is 2.17. The second-order valence-corrected chi connectivity index (χ2v) is 7.10. The Morgan fingerprint density at radius 2 is 2.10 bits per heavy atom. The van der Waals surface area contributed by atoms with Crippen LogP contribution >= 0.6 is 0 Å². The van der Waals surface area contributed by atoms with E-state index in [2.05, 4.69) is 20.8 Å². The minimum absolute atomic E-state index is 0.0737. The van der Waals surface area contributed by atoms with Crippen molar-refractivity contribution in [1.29, 1.82) is 0 Å². The molecule has 1 aromatic rings. The topological polar surface area (TPSA) is 44.5 Å². The minimum atomic E-state index is -0.302. The lowest BCUT2D eigenvalue weighted by molar-refractivity contribution is 0.0995. The number of ether oxygens (including phenoxy) is 2. The Bertz CT molecular complexity index is 496. The molecule has 2 atom stereocenters. The van der Waals surface area contributed by atoms with Gasteiger partial charge in [-0.3, -0.25) is 0 Å². The fourth-order valence-electron chi connectivity index (χ4n) is 2.84. The van der Waals surface area contributed by atoms with Crippen molar-refractivity contribution in [2.24, 2.45) is 11.1 Å². The largest absolute Gasteiger partial charge is 0.487 e. The molecular weight excluding hydrogens is 269 g/mol. The maximum absolute atomic E-state index is 14.4. The Kier molecular flexibility index (Phi) is 4.89. The van der Waals surface area contributed by atoms with Crippen LogP contribution in [0.3, 0.4) is 0 Å². The number of rotatable bonds is 4. The molecule has 1 aromatic carbocycles. The van der Waals surface area contributed by atoms with E-state index >= 15 is 0 Å². The molecule has 2 N–H and O–H groups in total. The van der Waals surface area contributed by atoms with Crippen LogP contribution in [-0.2, 0) is 11.2 Å². The summed E-state index contributed by atoms with van der Waals surface area (Å²) >= 11 is 0. The average Bonchev–Trinajstić information content (AvgIpc) is 2.36. The van der Waals surface area contributed by atoms with Crippen molar-refractivity contribution >= 4 is 0 Å². The fourth-order valence-corrected chi connectivity index (χ4v) is 2.84. The van der Waals surface area contributed by atoms with E-state index in [0.717, 1.165) is 24.0 Å². The van der Waals surface area contributed by atoms with Crippen molar-refractivity contribution in [2.75, 3.05) is 13.7 Å². The van der Waals surface area contributed by atoms with Gasteiger partial charge in [-0.25, -0.2) is 4.39 Å². The van der Waals surface area contributed by atoms with Crippen LogP contribution in [0.5, 0.6) is 5.75 Å². The lowest BCUT2D eigenvalue weighted by Crippen LogP contribution is -2.31. The average molecular weight is 295 g/mol. The summed E-state index contributed by atoms with van der Waals surface area (Å²) in [6, 6.07) is 3.40. The van der Waals surface area contributed by atoms with E-state index in [9.17, 15) is 4.39 Å². The molecule has 0 fully saturated rings. The number of halogens is 1. The molecule has 0 saturated carbocycles. The molecule has 2 rings (SSSR count). The van der Waals surface area contributed by atoms with Crippen molar-refractivity contribution in [1.82, 2.24) is 0 Å². The van der Waals surface area contributed by atoms with Gasteiger partial charge in [0.15, 0.2) is 11.6 Å². The third-order valence-electron chi connectivity index (χ3n) is 3.71. The summed E-state index contributed by atoms with van der Waals surface area (Å²) in [5.41, 5.74) is 8.11. The van der Waals surface area contributed by atoms with Crippen molar-refractivity contribution in [2.45, 2.75) is 52.2 Å². The molecule has 4 heteroatoms. The molecule has 0 radical (unpaired) electrons. The zero-order valence-electron chi connectivity index (χ0n) is 13.4. The van der Waals surface area contributed by atoms with Crippen molar-refractivity contribution in [3.8, 4) is 5.75 Å². The Balaban J connectivity index is 2.24. The fraction of sp³-hybridized carbons (Fsp3) is 0.647. The maximum Gasteiger partial charge on any atom is 0.165 e. The third-order valence-corrected chi connectivity index (χ3v) is 3.71. The summed E-state index contributed by atoms with van der Waals surface area (Å²) in [7, 11) is 1.65. The van der Waals surface area contributed by atoms with Gasteiger partial charge in [-0.15, -0.1) is 0 Å². The standard InChI is InChI=1S/C17H26FNO2/c1-17(2,3)10-11-7-13-15(19)9-12(5-6-20-4)21-16(13)14(18)8-11/h7-8,12,15H,5-6,9-10,19H2,1-4H3. The molecule has 3 nitrogen and oxygen atoms in total. The zero-order chi connectivity index (χ0) is 15.6. The quantitative estimate of drug-likeness (QED) is 0.923. The molecule has 0 aromatic heterocycles. The van der Waals surface area contributed by atoms with Crippen molar-refractivity contribution in [3.63, 3.8) is 0 Å². The first-order chi connectivity index (χ1) is 9.80. The number of methoxy groups -OCH3 is 1. The van der Waals surface area contributed by atoms with Gasteiger partial charge >= 0.3 is 0 Å². The Morgan fingerprint density at radius 3 is 2.71 bits per heavy atom. The predicted molar refractivity (Wildman–Crippen MR) is 82.0 cm³/mol.